The van der Waals surface area contributed by atoms with E-state index in [1.165, 1.54) is 11.3 Å². The van der Waals surface area contributed by atoms with Crippen LogP contribution >= 0.6 is 0 Å². The van der Waals surface area contributed by atoms with Crippen molar-refractivity contribution in [2.24, 2.45) is 5.10 Å². The Balaban J connectivity index is 1.49. The Morgan fingerprint density at radius 1 is 1.12 bits per heavy atom. The number of rotatable bonds is 7. The van der Waals surface area contributed by atoms with Crippen molar-refractivity contribution in [2.75, 3.05) is 30.9 Å². The molecule has 0 saturated heterocycles. The van der Waals surface area contributed by atoms with E-state index in [1.807, 2.05) is 30.3 Å². The molecule has 3 aromatic carbocycles. The maximum Gasteiger partial charge on any atom is 0.273 e. The molecule has 0 aromatic heterocycles. The van der Waals surface area contributed by atoms with Gasteiger partial charge in [-0.25, -0.2) is 5.43 Å². The van der Waals surface area contributed by atoms with E-state index in [1.54, 1.807) is 26.4 Å². The zero-order valence-corrected chi connectivity index (χ0v) is 18.5. The molecule has 6 heteroatoms. The molecule has 2 N–H and O–H groups in total. The predicted molar refractivity (Wildman–Crippen MR) is 130 cm³/mol. The molecule has 6 nitrogen and oxygen atoms in total. The largest absolute Gasteiger partial charge is 0.496 e. The van der Waals surface area contributed by atoms with Gasteiger partial charge in [0.05, 0.1) is 18.9 Å². The Kier molecular flexibility index (Phi) is 6.70. The van der Waals surface area contributed by atoms with Crippen molar-refractivity contribution in [3.8, 4) is 5.75 Å². The van der Waals surface area contributed by atoms with Crippen LogP contribution < -0.4 is 20.4 Å². The van der Waals surface area contributed by atoms with E-state index < -0.39 is 0 Å². The number of ether oxygens (including phenoxy) is 1. The molecular formula is C26H28N4O2. The standard InChI is InChI=1S/C26H28N4O2/c1-27-23-11-5-4-10-22(23)26(31)29-28-17-19-13-14-25(32-2)21(16-19)18-30-15-7-9-20-8-3-6-12-24(20)30/h3-6,8,10-14,16-17,27H,7,9,15,18H2,1-2H3,(H,29,31)/b28-17+. The third-order valence-electron chi connectivity index (χ3n) is 5.69. The first-order valence-corrected chi connectivity index (χ1v) is 10.8. The van der Waals surface area contributed by atoms with Gasteiger partial charge in [0.25, 0.3) is 5.91 Å². The summed E-state index contributed by atoms with van der Waals surface area (Å²) in [5, 5.41) is 7.19. The quantitative estimate of drug-likeness (QED) is 0.431. The minimum Gasteiger partial charge on any atom is -0.496 e. The van der Waals surface area contributed by atoms with Crippen molar-refractivity contribution < 1.29 is 9.53 Å². The van der Waals surface area contributed by atoms with Gasteiger partial charge in [-0.2, -0.15) is 5.10 Å². The van der Waals surface area contributed by atoms with Gasteiger partial charge in [0.15, 0.2) is 0 Å². The summed E-state index contributed by atoms with van der Waals surface area (Å²) in [5.74, 6) is 0.585. The van der Waals surface area contributed by atoms with Crippen LogP contribution in [0.1, 0.15) is 33.5 Å². The van der Waals surface area contributed by atoms with Gasteiger partial charge >= 0.3 is 0 Å². The number of benzene rings is 3. The van der Waals surface area contributed by atoms with Gasteiger partial charge in [-0.05, 0) is 60.4 Å². The third-order valence-corrected chi connectivity index (χ3v) is 5.69. The van der Waals surface area contributed by atoms with E-state index in [2.05, 4.69) is 51.1 Å². The van der Waals surface area contributed by atoms with Crippen molar-refractivity contribution in [2.45, 2.75) is 19.4 Å². The number of nitrogens with one attached hydrogen (secondary N) is 2. The highest BCUT2D eigenvalue weighted by atomic mass is 16.5. The number of hydrogen-bond acceptors (Lipinski definition) is 5. The van der Waals surface area contributed by atoms with Gasteiger partial charge in [0, 0.05) is 37.1 Å². The lowest BCUT2D eigenvalue weighted by atomic mass is 10.0. The monoisotopic (exact) mass is 428 g/mol. The minimum atomic E-state index is -0.259. The Labute approximate surface area is 188 Å². The number of hydrogen-bond donors (Lipinski definition) is 2. The lowest BCUT2D eigenvalue weighted by Gasteiger charge is -2.31. The van der Waals surface area contributed by atoms with Crippen LogP contribution in [-0.4, -0.2) is 32.8 Å². The molecule has 0 saturated carbocycles. The molecule has 32 heavy (non-hydrogen) atoms. The summed E-state index contributed by atoms with van der Waals surface area (Å²) < 4.78 is 5.61. The van der Waals surface area contributed by atoms with E-state index >= 15 is 0 Å². The predicted octanol–water partition coefficient (Wildman–Crippen LogP) is 4.45. The van der Waals surface area contributed by atoms with E-state index in [9.17, 15) is 4.79 Å². The lowest BCUT2D eigenvalue weighted by Crippen LogP contribution is -2.29. The highest BCUT2D eigenvalue weighted by molar-refractivity contribution is 5.99. The van der Waals surface area contributed by atoms with Gasteiger partial charge < -0.3 is 15.0 Å². The Morgan fingerprint density at radius 2 is 1.94 bits per heavy atom. The van der Waals surface area contributed by atoms with Gasteiger partial charge in [-0.1, -0.05) is 30.3 Å². The summed E-state index contributed by atoms with van der Waals surface area (Å²) in [4.78, 5) is 14.9. The van der Waals surface area contributed by atoms with Crippen LogP contribution in [0.5, 0.6) is 5.75 Å². The second kappa shape index (κ2) is 10.0. The number of aryl methyl sites for hydroxylation is 1. The first kappa shape index (κ1) is 21.4. The summed E-state index contributed by atoms with van der Waals surface area (Å²) in [6, 6.07) is 21.9. The van der Waals surface area contributed by atoms with Gasteiger partial charge in [0.1, 0.15) is 5.75 Å². The average molecular weight is 429 g/mol. The van der Waals surface area contributed by atoms with Crippen LogP contribution in [0.25, 0.3) is 0 Å². The first-order chi connectivity index (χ1) is 15.7. The highest BCUT2D eigenvalue weighted by Gasteiger charge is 2.18. The smallest absolute Gasteiger partial charge is 0.273 e. The van der Waals surface area contributed by atoms with Crippen molar-refractivity contribution >= 4 is 23.5 Å². The minimum absolute atomic E-state index is 0.259. The number of carbonyl (C=O) groups excluding carboxylic acids is 1. The number of amides is 1. The zero-order valence-electron chi connectivity index (χ0n) is 18.5. The van der Waals surface area contributed by atoms with Crippen molar-refractivity contribution in [3.63, 3.8) is 0 Å². The number of methoxy groups -OCH3 is 1. The molecule has 164 valence electrons. The summed E-state index contributed by atoms with van der Waals surface area (Å²) in [6.45, 7) is 1.77. The maximum absolute atomic E-state index is 12.5. The van der Waals surface area contributed by atoms with Crippen LogP contribution in [0.2, 0.25) is 0 Å². The second-order valence-corrected chi connectivity index (χ2v) is 7.72. The van der Waals surface area contributed by atoms with E-state index in [-0.39, 0.29) is 5.91 Å². The SMILES string of the molecule is CNc1ccccc1C(=O)N/N=C/c1ccc(OC)c(CN2CCCc3ccccc32)c1. The lowest BCUT2D eigenvalue weighted by molar-refractivity contribution is 0.0956. The summed E-state index contributed by atoms with van der Waals surface area (Å²) >= 11 is 0. The highest BCUT2D eigenvalue weighted by Crippen LogP contribution is 2.30. The van der Waals surface area contributed by atoms with Crippen molar-refractivity contribution in [1.29, 1.82) is 0 Å². The molecule has 0 atom stereocenters. The van der Waals surface area contributed by atoms with Crippen molar-refractivity contribution in [1.82, 2.24) is 5.43 Å². The molecule has 4 rings (SSSR count). The van der Waals surface area contributed by atoms with Crippen LogP contribution in [0.15, 0.2) is 71.8 Å². The normalized spacial score (nSPS) is 13.0. The Morgan fingerprint density at radius 3 is 2.78 bits per heavy atom. The van der Waals surface area contributed by atoms with E-state index in [4.69, 9.17) is 4.74 Å². The fourth-order valence-corrected chi connectivity index (χ4v) is 4.11. The van der Waals surface area contributed by atoms with Gasteiger partial charge in [-0.3, -0.25) is 4.79 Å². The molecular weight excluding hydrogens is 400 g/mol. The van der Waals surface area contributed by atoms with Gasteiger partial charge in [-0.15, -0.1) is 0 Å². The third kappa shape index (κ3) is 4.75. The fraction of sp³-hybridized carbons (Fsp3) is 0.231. The molecule has 0 fully saturated rings. The Hall–Kier alpha value is -3.80. The topological polar surface area (TPSA) is 66.0 Å². The number of carbonyl (C=O) groups is 1. The zero-order chi connectivity index (χ0) is 22.3. The molecule has 0 radical (unpaired) electrons. The van der Waals surface area contributed by atoms with Gasteiger partial charge in [0.2, 0.25) is 0 Å². The molecule has 0 unspecified atom stereocenters. The molecule has 1 aliphatic heterocycles. The van der Waals surface area contributed by atoms with Crippen LogP contribution in [0.3, 0.4) is 0 Å². The summed E-state index contributed by atoms with van der Waals surface area (Å²) in [6.07, 6.45) is 3.92. The summed E-state index contributed by atoms with van der Waals surface area (Å²) in [5.41, 5.74) is 8.58. The molecule has 3 aromatic rings. The maximum atomic E-state index is 12.5. The number of hydrazone groups is 1. The van der Waals surface area contributed by atoms with Crippen LogP contribution in [0, 0.1) is 0 Å². The van der Waals surface area contributed by atoms with Crippen LogP contribution in [-0.2, 0) is 13.0 Å². The van der Waals surface area contributed by atoms with E-state index in [0.717, 1.165) is 48.5 Å². The number of anilines is 2. The summed E-state index contributed by atoms with van der Waals surface area (Å²) in [7, 11) is 3.48. The molecule has 0 bridgehead atoms. The average Bonchev–Trinajstić information content (AvgIpc) is 2.84. The molecule has 0 spiro atoms. The number of fused-ring (bicyclic) bond motifs is 1. The molecule has 0 aliphatic carbocycles. The fourth-order valence-electron chi connectivity index (χ4n) is 4.11. The van der Waals surface area contributed by atoms with Crippen LogP contribution in [0.4, 0.5) is 11.4 Å². The molecule has 1 heterocycles. The molecule has 1 amide bonds. The second-order valence-electron chi connectivity index (χ2n) is 7.72. The molecule has 1 aliphatic rings. The first-order valence-electron chi connectivity index (χ1n) is 10.8. The van der Waals surface area contributed by atoms with Crippen molar-refractivity contribution in [3.05, 3.63) is 89.0 Å². The number of nitrogens with zero attached hydrogens (tertiary/aromatic N) is 2. The number of para-hydroxylation sites is 2. The Bertz CT molecular complexity index is 1130. The van der Waals surface area contributed by atoms with E-state index in [0.29, 0.717) is 5.56 Å².